The van der Waals surface area contributed by atoms with Gasteiger partial charge in [0.15, 0.2) is 0 Å². The van der Waals surface area contributed by atoms with Crippen molar-refractivity contribution in [3.8, 4) is 11.8 Å². The Bertz CT molecular complexity index is 990. The molecule has 4 heteroatoms. The maximum absolute atomic E-state index is 9.58. The fraction of sp³-hybridized carbons (Fsp3) is 0.0952. The molecular formula is C21H16Cl2N2. The Morgan fingerprint density at radius 3 is 2.36 bits per heavy atom. The van der Waals surface area contributed by atoms with Gasteiger partial charge >= 0.3 is 0 Å². The summed E-state index contributed by atoms with van der Waals surface area (Å²) in [4.78, 5) is 0. The minimum absolute atomic E-state index is 0.543. The molecule has 0 aliphatic rings. The van der Waals surface area contributed by atoms with Gasteiger partial charge in [0, 0.05) is 32.7 Å². The zero-order valence-electron chi connectivity index (χ0n) is 13.9. The number of aromatic nitrogens is 1. The van der Waals surface area contributed by atoms with Gasteiger partial charge < -0.3 is 4.57 Å². The Hall–Kier alpha value is -2.47. The van der Waals surface area contributed by atoms with Crippen molar-refractivity contribution >= 4 is 34.9 Å². The van der Waals surface area contributed by atoms with Crippen LogP contribution < -0.4 is 0 Å². The summed E-state index contributed by atoms with van der Waals surface area (Å²) >= 11 is 12.2. The van der Waals surface area contributed by atoms with E-state index in [0.717, 1.165) is 28.2 Å². The van der Waals surface area contributed by atoms with Crippen molar-refractivity contribution in [2.24, 2.45) is 0 Å². The molecule has 0 radical (unpaired) electrons. The molecule has 3 rings (SSSR count). The molecule has 0 aliphatic heterocycles. The lowest BCUT2D eigenvalue weighted by molar-refractivity contribution is 0.964. The van der Waals surface area contributed by atoms with Crippen molar-refractivity contribution < 1.29 is 0 Å². The number of hydrogen-bond acceptors (Lipinski definition) is 1. The van der Waals surface area contributed by atoms with Gasteiger partial charge in [0.1, 0.15) is 0 Å². The van der Waals surface area contributed by atoms with Gasteiger partial charge in [-0.3, -0.25) is 0 Å². The molecule has 1 aromatic heterocycles. The number of aryl methyl sites for hydroxylation is 1. The lowest BCUT2D eigenvalue weighted by Crippen LogP contribution is -1.98. The zero-order valence-corrected chi connectivity index (χ0v) is 15.4. The fourth-order valence-corrected chi connectivity index (χ4v) is 3.29. The van der Waals surface area contributed by atoms with E-state index in [-0.39, 0.29) is 0 Å². The van der Waals surface area contributed by atoms with Gasteiger partial charge in [0.2, 0.25) is 0 Å². The second-order valence-electron chi connectivity index (χ2n) is 5.79. The molecule has 25 heavy (non-hydrogen) atoms. The second-order valence-corrected chi connectivity index (χ2v) is 6.63. The van der Waals surface area contributed by atoms with E-state index in [2.05, 4.69) is 16.7 Å². The molecule has 1 heterocycles. The maximum atomic E-state index is 9.58. The third-order valence-electron chi connectivity index (χ3n) is 4.14. The smallest absolute Gasteiger partial charge is 0.0998 e. The predicted molar refractivity (Wildman–Crippen MR) is 105 cm³/mol. The van der Waals surface area contributed by atoms with E-state index >= 15 is 0 Å². The van der Waals surface area contributed by atoms with Crippen molar-refractivity contribution in [1.82, 2.24) is 4.57 Å². The molecule has 0 fully saturated rings. The molecule has 0 atom stereocenters. The number of rotatable bonds is 3. The largest absolute Gasteiger partial charge is 0.318 e. The van der Waals surface area contributed by atoms with Crippen LogP contribution in [0.5, 0.6) is 0 Å². The van der Waals surface area contributed by atoms with Crippen LogP contribution in [-0.2, 0) is 0 Å². The number of nitrogens with zero attached hydrogens (tertiary/aromatic N) is 2. The van der Waals surface area contributed by atoms with Gasteiger partial charge in [-0.05, 0) is 61.9 Å². The third kappa shape index (κ3) is 3.49. The number of nitriles is 1. The van der Waals surface area contributed by atoms with Crippen molar-refractivity contribution in [3.05, 3.63) is 87.2 Å². The lowest BCUT2D eigenvalue weighted by atomic mass is 10.0. The van der Waals surface area contributed by atoms with Crippen molar-refractivity contribution in [1.29, 1.82) is 5.26 Å². The highest BCUT2D eigenvalue weighted by atomic mass is 35.5. The molecule has 0 saturated heterocycles. The first-order chi connectivity index (χ1) is 12.0. The summed E-state index contributed by atoms with van der Waals surface area (Å²) in [7, 11) is 0. The van der Waals surface area contributed by atoms with Crippen LogP contribution in [0.3, 0.4) is 0 Å². The molecule has 0 amide bonds. The summed E-state index contributed by atoms with van der Waals surface area (Å²) < 4.78 is 2.14. The second kappa shape index (κ2) is 7.19. The van der Waals surface area contributed by atoms with Crippen LogP contribution in [0.2, 0.25) is 10.0 Å². The predicted octanol–water partition coefficient (Wildman–Crippen LogP) is 6.47. The normalized spacial score (nSPS) is 11.4. The van der Waals surface area contributed by atoms with Gasteiger partial charge in [-0.2, -0.15) is 5.26 Å². The standard InChI is InChI=1S/C21H16Cl2N2/c1-14-11-16(12-17(13-24)20-5-3-4-6-21(20)23)15(2)25(14)19-9-7-18(22)8-10-19/h3-12H,1-2H3. The minimum Gasteiger partial charge on any atom is -0.318 e. The lowest BCUT2D eigenvalue weighted by Gasteiger charge is -2.09. The van der Waals surface area contributed by atoms with E-state index in [1.165, 1.54) is 0 Å². The van der Waals surface area contributed by atoms with E-state index in [0.29, 0.717) is 15.6 Å². The van der Waals surface area contributed by atoms with E-state index in [4.69, 9.17) is 23.2 Å². The van der Waals surface area contributed by atoms with Crippen LogP contribution in [0.1, 0.15) is 22.5 Å². The SMILES string of the molecule is Cc1cc(C=C(C#N)c2ccccc2Cl)c(C)n1-c1ccc(Cl)cc1. The van der Waals surface area contributed by atoms with Crippen LogP contribution in [0, 0.1) is 25.2 Å². The Morgan fingerprint density at radius 2 is 1.72 bits per heavy atom. The van der Waals surface area contributed by atoms with E-state index in [1.54, 1.807) is 6.07 Å². The van der Waals surface area contributed by atoms with Crippen LogP contribution in [0.15, 0.2) is 54.6 Å². The molecule has 0 unspecified atom stereocenters. The highest BCUT2D eigenvalue weighted by Gasteiger charge is 2.12. The highest BCUT2D eigenvalue weighted by Crippen LogP contribution is 2.28. The van der Waals surface area contributed by atoms with E-state index in [1.807, 2.05) is 62.4 Å². The first-order valence-corrected chi connectivity index (χ1v) is 8.58. The first-order valence-electron chi connectivity index (χ1n) is 7.83. The summed E-state index contributed by atoms with van der Waals surface area (Å²) in [6.45, 7) is 4.08. The molecule has 0 N–H and O–H groups in total. The summed E-state index contributed by atoms with van der Waals surface area (Å²) in [6.07, 6.45) is 1.88. The number of hydrogen-bond donors (Lipinski definition) is 0. The molecule has 2 aromatic carbocycles. The molecule has 0 saturated carbocycles. The Kier molecular flexibility index (Phi) is 4.99. The minimum atomic E-state index is 0.543. The molecule has 0 aliphatic carbocycles. The van der Waals surface area contributed by atoms with E-state index in [9.17, 15) is 5.26 Å². The van der Waals surface area contributed by atoms with E-state index < -0.39 is 0 Å². The van der Waals surface area contributed by atoms with Gasteiger partial charge in [-0.25, -0.2) is 0 Å². The fourth-order valence-electron chi connectivity index (χ4n) is 2.93. The summed E-state index contributed by atoms with van der Waals surface area (Å²) in [6, 6.07) is 19.4. The average molecular weight is 367 g/mol. The molecule has 3 aromatic rings. The van der Waals surface area contributed by atoms with Crippen molar-refractivity contribution in [2.75, 3.05) is 0 Å². The quantitative estimate of drug-likeness (QED) is 0.488. The molecular weight excluding hydrogens is 351 g/mol. The van der Waals surface area contributed by atoms with Crippen LogP contribution in [0.4, 0.5) is 0 Å². The Balaban J connectivity index is 2.10. The number of halogens is 2. The van der Waals surface area contributed by atoms with Gasteiger partial charge in [-0.15, -0.1) is 0 Å². The van der Waals surface area contributed by atoms with Crippen molar-refractivity contribution in [3.63, 3.8) is 0 Å². The average Bonchev–Trinajstić information content (AvgIpc) is 2.88. The number of benzene rings is 2. The Labute approximate surface area is 157 Å². The van der Waals surface area contributed by atoms with Crippen molar-refractivity contribution in [2.45, 2.75) is 13.8 Å². The van der Waals surface area contributed by atoms with Gasteiger partial charge in [0.05, 0.1) is 11.6 Å². The van der Waals surface area contributed by atoms with Gasteiger partial charge in [0.25, 0.3) is 0 Å². The highest BCUT2D eigenvalue weighted by molar-refractivity contribution is 6.32. The first kappa shape index (κ1) is 17.4. The third-order valence-corrected chi connectivity index (χ3v) is 4.72. The molecule has 0 bridgehead atoms. The Morgan fingerprint density at radius 1 is 1.04 bits per heavy atom. The molecule has 2 nitrogen and oxygen atoms in total. The molecule has 0 spiro atoms. The maximum Gasteiger partial charge on any atom is 0.0998 e. The topological polar surface area (TPSA) is 28.7 Å². The summed E-state index contributed by atoms with van der Waals surface area (Å²) in [5.41, 5.74) is 5.45. The summed E-state index contributed by atoms with van der Waals surface area (Å²) in [5, 5.41) is 10.9. The van der Waals surface area contributed by atoms with Crippen LogP contribution in [0.25, 0.3) is 17.3 Å². The summed E-state index contributed by atoms with van der Waals surface area (Å²) in [5.74, 6) is 0. The van der Waals surface area contributed by atoms with Crippen LogP contribution >= 0.6 is 23.2 Å². The molecule has 124 valence electrons. The monoisotopic (exact) mass is 366 g/mol. The van der Waals surface area contributed by atoms with Gasteiger partial charge in [-0.1, -0.05) is 41.4 Å². The zero-order chi connectivity index (χ0) is 18.0. The number of allylic oxidation sites excluding steroid dienone is 1. The van der Waals surface area contributed by atoms with Crippen LogP contribution in [-0.4, -0.2) is 4.57 Å².